The van der Waals surface area contributed by atoms with Gasteiger partial charge in [-0.3, -0.25) is 14.9 Å². The minimum absolute atomic E-state index is 0.0793. The number of nitrogens with one attached hydrogen (secondary N) is 1. The van der Waals surface area contributed by atoms with Crippen LogP contribution in [0.5, 0.6) is 0 Å². The number of carbonyl (C=O) groups is 3. The quantitative estimate of drug-likeness (QED) is 0.258. The van der Waals surface area contributed by atoms with E-state index in [0.29, 0.717) is 11.6 Å². The fourth-order valence-corrected chi connectivity index (χ4v) is 4.88. The van der Waals surface area contributed by atoms with Crippen LogP contribution in [0, 0.1) is 13.8 Å². The molecule has 37 heavy (non-hydrogen) atoms. The lowest BCUT2D eigenvalue weighted by atomic mass is 9.98. The Kier molecular flexibility index (Phi) is 6.25. The third kappa shape index (κ3) is 4.35. The summed E-state index contributed by atoms with van der Waals surface area (Å²) in [7, 11) is 0. The number of fused-ring (bicyclic) bond motifs is 1. The molecule has 1 aromatic heterocycles. The van der Waals surface area contributed by atoms with Crippen LogP contribution in [0.1, 0.15) is 48.7 Å². The average molecular weight is 492 g/mol. The van der Waals surface area contributed by atoms with Gasteiger partial charge in [0, 0.05) is 17.1 Å². The first-order valence-electron chi connectivity index (χ1n) is 12.5. The van der Waals surface area contributed by atoms with Crippen molar-refractivity contribution in [3.8, 4) is 5.69 Å². The van der Waals surface area contributed by atoms with Crippen LogP contribution in [0.3, 0.4) is 0 Å². The van der Waals surface area contributed by atoms with E-state index in [9.17, 15) is 14.4 Å². The number of imide groups is 2. The largest absolute Gasteiger partial charge is 0.335 e. The van der Waals surface area contributed by atoms with Gasteiger partial charge in [0.25, 0.3) is 11.8 Å². The van der Waals surface area contributed by atoms with E-state index in [2.05, 4.69) is 54.1 Å². The molecule has 0 spiro atoms. The van der Waals surface area contributed by atoms with E-state index in [-0.39, 0.29) is 5.57 Å². The summed E-state index contributed by atoms with van der Waals surface area (Å²) in [6.07, 6.45) is 2.56. The molecule has 1 saturated heterocycles. The van der Waals surface area contributed by atoms with Gasteiger partial charge < -0.3 is 4.57 Å². The van der Waals surface area contributed by atoms with Crippen molar-refractivity contribution in [2.24, 2.45) is 0 Å². The summed E-state index contributed by atoms with van der Waals surface area (Å²) in [5.41, 5.74) is 5.07. The maximum absolute atomic E-state index is 13.4. The van der Waals surface area contributed by atoms with Crippen molar-refractivity contribution in [1.29, 1.82) is 0 Å². The molecule has 5 rings (SSSR count). The Morgan fingerprint density at radius 1 is 0.865 bits per heavy atom. The minimum Gasteiger partial charge on any atom is -0.318 e. The van der Waals surface area contributed by atoms with E-state index in [1.54, 1.807) is 18.2 Å². The third-order valence-electron chi connectivity index (χ3n) is 7.20. The maximum atomic E-state index is 13.4. The smallest absolute Gasteiger partial charge is 0.318 e. The second kappa shape index (κ2) is 9.54. The number of hydrogen-bond donors (Lipinski definition) is 1. The molecule has 0 bridgehead atoms. The van der Waals surface area contributed by atoms with Gasteiger partial charge >= 0.3 is 6.03 Å². The van der Waals surface area contributed by atoms with Crippen LogP contribution in [-0.2, 0) is 9.59 Å². The molecular formula is C31H29N3O3. The average Bonchev–Trinajstić information content (AvgIpc) is 3.18. The van der Waals surface area contributed by atoms with E-state index in [1.165, 1.54) is 0 Å². The number of rotatable bonds is 5. The summed E-state index contributed by atoms with van der Waals surface area (Å²) in [5, 5.41) is 4.60. The molecule has 0 saturated carbocycles. The SMILES string of the molecule is CC[C@H](C)c1ccc(N2C(=O)NC(=O)/C(=C\c3cc(C)n(-c4ccc5ccccc5c4)c3C)C2=O)cc1. The Labute approximate surface area is 216 Å². The summed E-state index contributed by atoms with van der Waals surface area (Å²) >= 11 is 0. The molecule has 2 heterocycles. The van der Waals surface area contributed by atoms with Crippen LogP contribution in [0.25, 0.3) is 22.5 Å². The van der Waals surface area contributed by atoms with Crippen LogP contribution in [0.2, 0.25) is 0 Å². The van der Waals surface area contributed by atoms with Gasteiger partial charge in [0.05, 0.1) is 5.69 Å². The molecule has 1 atom stereocenters. The van der Waals surface area contributed by atoms with Gasteiger partial charge in [0.15, 0.2) is 0 Å². The molecule has 6 heteroatoms. The van der Waals surface area contributed by atoms with Crippen LogP contribution in [0.15, 0.2) is 78.4 Å². The van der Waals surface area contributed by atoms with Crippen molar-refractivity contribution in [1.82, 2.24) is 9.88 Å². The van der Waals surface area contributed by atoms with Gasteiger partial charge in [-0.2, -0.15) is 0 Å². The zero-order chi connectivity index (χ0) is 26.3. The second-order valence-corrected chi connectivity index (χ2v) is 9.55. The molecule has 0 aliphatic carbocycles. The van der Waals surface area contributed by atoms with Crippen molar-refractivity contribution in [2.75, 3.05) is 4.90 Å². The number of barbiturate groups is 1. The third-order valence-corrected chi connectivity index (χ3v) is 7.20. The van der Waals surface area contributed by atoms with Crippen LogP contribution in [-0.4, -0.2) is 22.4 Å². The second-order valence-electron chi connectivity index (χ2n) is 9.55. The number of urea groups is 1. The molecule has 1 N–H and O–H groups in total. The van der Waals surface area contributed by atoms with E-state index in [1.807, 2.05) is 44.2 Å². The number of carbonyl (C=O) groups excluding carboxylic acids is 3. The molecule has 4 amide bonds. The van der Waals surface area contributed by atoms with E-state index >= 15 is 0 Å². The van der Waals surface area contributed by atoms with Gasteiger partial charge in [0.1, 0.15) is 5.57 Å². The number of amides is 4. The summed E-state index contributed by atoms with van der Waals surface area (Å²) in [6, 6.07) is 23.0. The molecule has 1 aliphatic rings. The van der Waals surface area contributed by atoms with Gasteiger partial charge in [-0.05, 0) is 84.5 Å². The molecule has 0 unspecified atom stereocenters. The fraction of sp³-hybridized carbons (Fsp3) is 0.194. The lowest BCUT2D eigenvalue weighted by molar-refractivity contribution is -0.122. The summed E-state index contributed by atoms with van der Waals surface area (Å²) in [6.45, 7) is 8.18. The first-order chi connectivity index (χ1) is 17.8. The molecule has 3 aromatic carbocycles. The zero-order valence-corrected chi connectivity index (χ0v) is 21.4. The Hall–Kier alpha value is -4.45. The van der Waals surface area contributed by atoms with Crippen molar-refractivity contribution in [3.63, 3.8) is 0 Å². The monoisotopic (exact) mass is 491 g/mol. The number of nitrogens with zero attached hydrogens (tertiary/aromatic N) is 2. The predicted molar refractivity (Wildman–Crippen MR) is 147 cm³/mol. The van der Waals surface area contributed by atoms with Gasteiger partial charge in [0.2, 0.25) is 0 Å². The predicted octanol–water partition coefficient (Wildman–Crippen LogP) is 6.43. The number of anilines is 1. The lowest BCUT2D eigenvalue weighted by Gasteiger charge is -2.26. The van der Waals surface area contributed by atoms with Crippen LogP contribution >= 0.6 is 0 Å². The van der Waals surface area contributed by atoms with Crippen molar-refractivity contribution >= 4 is 40.4 Å². The molecule has 1 fully saturated rings. The summed E-state index contributed by atoms with van der Waals surface area (Å²) < 4.78 is 2.10. The fourth-order valence-electron chi connectivity index (χ4n) is 4.88. The first kappa shape index (κ1) is 24.3. The van der Waals surface area contributed by atoms with Gasteiger partial charge in [-0.25, -0.2) is 9.69 Å². The first-order valence-corrected chi connectivity index (χ1v) is 12.5. The highest BCUT2D eigenvalue weighted by Crippen LogP contribution is 2.28. The Morgan fingerprint density at radius 2 is 1.54 bits per heavy atom. The normalized spacial score (nSPS) is 15.9. The van der Waals surface area contributed by atoms with E-state index in [4.69, 9.17) is 0 Å². The maximum Gasteiger partial charge on any atom is 0.335 e. The molecule has 186 valence electrons. The molecular weight excluding hydrogens is 462 g/mol. The van der Waals surface area contributed by atoms with Crippen molar-refractivity contribution < 1.29 is 14.4 Å². The Balaban J connectivity index is 1.51. The molecule has 0 radical (unpaired) electrons. The van der Waals surface area contributed by atoms with Crippen molar-refractivity contribution in [3.05, 3.63) is 101 Å². The Morgan fingerprint density at radius 3 is 2.24 bits per heavy atom. The number of hydrogen-bond acceptors (Lipinski definition) is 3. The highest BCUT2D eigenvalue weighted by molar-refractivity contribution is 6.39. The summed E-state index contributed by atoms with van der Waals surface area (Å²) in [5.74, 6) is -0.964. The minimum atomic E-state index is -0.745. The van der Waals surface area contributed by atoms with E-state index < -0.39 is 17.8 Å². The highest BCUT2D eigenvalue weighted by atomic mass is 16.2. The van der Waals surface area contributed by atoms with Gasteiger partial charge in [-0.15, -0.1) is 0 Å². The highest BCUT2D eigenvalue weighted by Gasteiger charge is 2.37. The number of aryl methyl sites for hydroxylation is 1. The van der Waals surface area contributed by atoms with Crippen LogP contribution < -0.4 is 10.2 Å². The number of aromatic nitrogens is 1. The molecule has 6 nitrogen and oxygen atoms in total. The lowest BCUT2D eigenvalue weighted by Crippen LogP contribution is -2.54. The number of benzene rings is 3. The zero-order valence-electron chi connectivity index (χ0n) is 21.4. The van der Waals surface area contributed by atoms with Crippen LogP contribution in [0.4, 0.5) is 10.5 Å². The van der Waals surface area contributed by atoms with Crippen molar-refractivity contribution in [2.45, 2.75) is 40.0 Å². The Bertz CT molecular complexity index is 1580. The molecule has 1 aliphatic heterocycles. The van der Waals surface area contributed by atoms with E-state index in [0.717, 1.165) is 50.3 Å². The standard InChI is InChI=1S/C31H29N3O3/c1-5-19(2)22-10-13-26(14-11-22)34-30(36)28(29(35)32-31(34)37)18-25-16-20(3)33(21(25)4)27-15-12-23-8-6-7-9-24(23)17-27/h6-19H,5H2,1-4H3,(H,32,35,37)/b28-18+/t19-/m0/s1. The topological polar surface area (TPSA) is 71.4 Å². The summed E-state index contributed by atoms with van der Waals surface area (Å²) in [4.78, 5) is 39.8. The molecule has 4 aromatic rings. The van der Waals surface area contributed by atoms with Gasteiger partial charge in [-0.1, -0.05) is 56.3 Å².